The van der Waals surface area contributed by atoms with Crippen molar-refractivity contribution < 1.29 is 9.53 Å². The van der Waals surface area contributed by atoms with Gasteiger partial charge in [-0.3, -0.25) is 4.79 Å². The molecule has 1 aliphatic carbocycles. The molecule has 0 heterocycles. The van der Waals surface area contributed by atoms with Crippen LogP contribution in [0.3, 0.4) is 0 Å². The second kappa shape index (κ2) is 6.93. The number of nitrogens with one attached hydrogen (secondary N) is 1. The molecule has 18 heavy (non-hydrogen) atoms. The first kappa shape index (κ1) is 15.2. The summed E-state index contributed by atoms with van der Waals surface area (Å²) in [5.41, 5.74) is 1.15. The largest absolute Gasteiger partial charge is 0.375 e. The number of carbonyl (C=O) groups excluding carboxylic acids is 1. The van der Waals surface area contributed by atoms with E-state index >= 15 is 0 Å². The van der Waals surface area contributed by atoms with Gasteiger partial charge in [-0.15, -0.1) is 0 Å². The van der Waals surface area contributed by atoms with E-state index in [1.807, 2.05) is 6.92 Å². The zero-order valence-corrected chi connectivity index (χ0v) is 12.1. The van der Waals surface area contributed by atoms with Crippen LogP contribution in [0, 0.1) is 11.3 Å². The lowest BCUT2D eigenvalue weighted by Gasteiger charge is -2.37. The van der Waals surface area contributed by atoms with E-state index in [2.05, 4.69) is 25.7 Å². The van der Waals surface area contributed by atoms with Gasteiger partial charge in [-0.2, -0.15) is 0 Å². The maximum absolute atomic E-state index is 12.1. The summed E-state index contributed by atoms with van der Waals surface area (Å²) in [6.45, 7) is 11.8. The van der Waals surface area contributed by atoms with Gasteiger partial charge in [0.1, 0.15) is 0 Å². The van der Waals surface area contributed by atoms with Crippen molar-refractivity contribution in [2.45, 2.75) is 46.5 Å². The van der Waals surface area contributed by atoms with Crippen LogP contribution in [0.1, 0.15) is 46.5 Å². The molecule has 3 heteroatoms. The number of hydrogen-bond acceptors (Lipinski definition) is 2. The van der Waals surface area contributed by atoms with Crippen LogP contribution in [-0.4, -0.2) is 25.7 Å². The van der Waals surface area contributed by atoms with Gasteiger partial charge in [-0.1, -0.05) is 38.8 Å². The molecule has 0 saturated heterocycles. The monoisotopic (exact) mass is 253 g/mol. The summed E-state index contributed by atoms with van der Waals surface area (Å²) in [4.78, 5) is 12.1. The van der Waals surface area contributed by atoms with Crippen LogP contribution < -0.4 is 5.32 Å². The smallest absolute Gasteiger partial charge is 0.223 e. The van der Waals surface area contributed by atoms with Gasteiger partial charge in [0.2, 0.25) is 5.91 Å². The van der Waals surface area contributed by atoms with Crippen LogP contribution in [0.2, 0.25) is 0 Å². The third-order valence-electron chi connectivity index (χ3n) is 3.72. The topological polar surface area (TPSA) is 38.3 Å². The standard InChI is InChI=1S/C15H27NO2/c1-12(2)11-18-10-9-16-14(17)13-7-5-6-8-15(13,3)4/h13H,1,5-11H2,2-4H3,(H,16,17). The molecule has 0 aliphatic heterocycles. The maximum Gasteiger partial charge on any atom is 0.223 e. The van der Waals surface area contributed by atoms with Gasteiger partial charge >= 0.3 is 0 Å². The zero-order valence-electron chi connectivity index (χ0n) is 12.1. The third kappa shape index (κ3) is 4.81. The summed E-state index contributed by atoms with van der Waals surface area (Å²) in [6, 6.07) is 0. The first-order valence-corrected chi connectivity index (χ1v) is 6.93. The fraction of sp³-hybridized carbons (Fsp3) is 0.800. The fourth-order valence-corrected chi connectivity index (χ4v) is 2.60. The fourth-order valence-electron chi connectivity index (χ4n) is 2.60. The molecule has 1 fully saturated rings. The average Bonchev–Trinajstić information content (AvgIpc) is 2.27. The summed E-state index contributed by atoms with van der Waals surface area (Å²) >= 11 is 0. The minimum Gasteiger partial charge on any atom is -0.375 e. The van der Waals surface area contributed by atoms with Gasteiger partial charge in [-0.05, 0) is 25.2 Å². The van der Waals surface area contributed by atoms with Crippen LogP contribution in [0.5, 0.6) is 0 Å². The Balaban J connectivity index is 2.25. The lowest BCUT2D eigenvalue weighted by Crippen LogP contribution is -2.42. The molecule has 1 rings (SSSR count). The highest BCUT2D eigenvalue weighted by Crippen LogP contribution is 2.40. The number of amides is 1. The van der Waals surface area contributed by atoms with Crippen molar-refractivity contribution in [3.8, 4) is 0 Å². The highest BCUT2D eigenvalue weighted by Gasteiger charge is 2.36. The lowest BCUT2D eigenvalue weighted by molar-refractivity contribution is -0.130. The molecule has 1 N–H and O–H groups in total. The Hall–Kier alpha value is -0.830. The second-order valence-corrected chi connectivity index (χ2v) is 6.09. The first-order chi connectivity index (χ1) is 8.43. The van der Waals surface area contributed by atoms with Gasteiger partial charge < -0.3 is 10.1 Å². The number of hydrogen-bond donors (Lipinski definition) is 1. The van der Waals surface area contributed by atoms with Crippen LogP contribution >= 0.6 is 0 Å². The molecule has 1 amide bonds. The SMILES string of the molecule is C=C(C)COCCNC(=O)C1CCCCC1(C)C. The molecule has 0 aromatic heterocycles. The number of ether oxygens (including phenoxy) is 1. The molecule has 0 spiro atoms. The van der Waals surface area contributed by atoms with Crippen LogP contribution in [0.4, 0.5) is 0 Å². The Labute approximate surface area is 111 Å². The van der Waals surface area contributed by atoms with Crippen molar-refractivity contribution in [3.63, 3.8) is 0 Å². The Kier molecular flexibility index (Phi) is 5.86. The predicted molar refractivity (Wildman–Crippen MR) is 74.4 cm³/mol. The van der Waals surface area contributed by atoms with E-state index in [-0.39, 0.29) is 17.2 Å². The van der Waals surface area contributed by atoms with Crippen molar-refractivity contribution in [3.05, 3.63) is 12.2 Å². The van der Waals surface area contributed by atoms with E-state index in [0.717, 1.165) is 18.4 Å². The first-order valence-electron chi connectivity index (χ1n) is 6.93. The van der Waals surface area contributed by atoms with Crippen molar-refractivity contribution >= 4 is 5.91 Å². The Morgan fingerprint density at radius 3 is 2.78 bits per heavy atom. The lowest BCUT2D eigenvalue weighted by atomic mass is 9.68. The van der Waals surface area contributed by atoms with Crippen molar-refractivity contribution in [1.29, 1.82) is 0 Å². The number of carbonyl (C=O) groups is 1. The van der Waals surface area contributed by atoms with E-state index in [1.165, 1.54) is 12.8 Å². The molecular formula is C15H27NO2. The zero-order chi connectivity index (χ0) is 13.6. The van der Waals surface area contributed by atoms with E-state index in [0.29, 0.717) is 19.8 Å². The Bertz CT molecular complexity index is 297. The third-order valence-corrected chi connectivity index (χ3v) is 3.72. The van der Waals surface area contributed by atoms with Crippen molar-refractivity contribution in [1.82, 2.24) is 5.32 Å². The predicted octanol–water partition coefficient (Wildman–Crippen LogP) is 2.91. The van der Waals surface area contributed by atoms with E-state index in [1.54, 1.807) is 0 Å². The highest BCUT2D eigenvalue weighted by molar-refractivity contribution is 5.79. The molecule has 0 aromatic rings. The summed E-state index contributed by atoms with van der Waals surface area (Å²) in [5.74, 6) is 0.353. The van der Waals surface area contributed by atoms with Gasteiger partial charge in [0.05, 0.1) is 13.2 Å². The molecule has 0 radical (unpaired) electrons. The molecule has 3 nitrogen and oxygen atoms in total. The van der Waals surface area contributed by atoms with Crippen LogP contribution in [-0.2, 0) is 9.53 Å². The minimum atomic E-state index is 0.140. The molecule has 0 aromatic carbocycles. The quantitative estimate of drug-likeness (QED) is 0.584. The number of rotatable bonds is 6. The summed E-state index contributed by atoms with van der Waals surface area (Å²) < 4.78 is 5.37. The maximum atomic E-state index is 12.1. The molecule has 1 saturated carbocycles. The average molecular weight is 253 g/mol. The van der Waals surface area contributed by atoms with Crippen molar-refractivity contribution in [2.75, 3.05) is 19.8 Å². The van der Waals surface area contributed by atoms with Crippen molar-refractivity contribution in [2.24, 2.45) is 11.3 Å². The van der Waals surface area contributed by atoms with E-state index in [9.17, 15) is 4.79 Å². The minimum absolute atomic E-state index is 0.140. The van der Waals surface area contributed by atoms with Gasteiger partial charge in [0.25, 0.3) is 0 Å². The molecule has 1 unspecified atom stereocenters. The molecule has 1 atom stereocenters. The molecule has 1 aliphatic rings. The van der Waals surface area contributed by atoms with Crippen LogP contribution in [0.15, 0.2) is 12.2 Å². The van der Waals surface area contributed by atoms with E-state index < -0.39 is 0 Å². The Morgan fingerprint density at radius 2 is 2.17 bits per heavy atom. The molecule has 104 valence electrons. The van der Waals surface area contributed by atoms with Gasteiger partial charge in [0.15, 0.2) is 0 Å². The molecular weight excluding hydrogens is 226 g/mol. The normalized spacial score (nSPS) is 22.5. The highest BCUT2D eigenvalue weighted by atomic mass is 16.5. The second-order valence-electron chi connectivity index (χ2n) is 6.09. The summed E-state index contributed by atoms with van der Waals surface area (Å²) in [7, 11) is 0. The van der Waals surface area contributed by atoms with Crippen LogP contribution in [0.25, 0.3) is 0 Å². The van der Waals surface area contributed by atoms with Gasteiger partial charge in [0, 0.05) is 12.5 Å². The van der Waals surface area contributed by atoms with E-state index in [4.69, 9.17) is 4.74 Å². The Morgan fingerprint density at radius 1 is 1.44 bits per heavy atom. The van der Waals surface area contributed by atoms with Gasteiger partial charge in [-0.25, -0.2) is 0 Å². The summed E-state index contributed by atoms with van der Waals surface area (Å²) in [5, 5.41) is 2.99. The molecule has 0 bridgehead atoms. The summed E-state index contributed by atoms with van der Waals surface area (Å²) in [6.07, 6.45) is 4.59.